The fraction of sp³-hybridized carbons (Fsp3) is 0.120. The molecular weight excluding hydrogens is 466 g/mol. The molecule has 0 saturated heterocycles. The number of carbonyl (C=O) groups is 1. The van der Waals surface area contributed by atoms with Gasteiger partial charge in [-0.3, -0.25) is 19.3 Å². The van der Waals surface area contributed by atoms with Gasteiger partial charge in [0.1, 0.15) is 5.39 Å². The second-order valence-electron chi connectivity index (χ2n) is 7.57. The van der Waals surface area contributed by atoms with E-state index >= 15 is 0 Å². The first-order valence-corrected chi connectivity index (χ1v) is 11.7. The van der Waals surface area contributed by atoms with Crippen LogP contribution in [0.4, 0.5) is 5.69 Å². The molecule has 0 fully saturated rings. The quantitative estimate of drug-likeness (QED) is 0.264. The Hall–Kier alpha value is -4.31. The third kappa shape index (κ3) is 4.31. The average molecular weight is 488 g/mol. The van der Waals surface area contributed by atoms with Gasteiger partial charge in [-0.25, -0.2) is 4.98 Å². The highest BCUT2D eigenvalue weighted by Gasteiger charge is 2.18. The number of hydrogen-bond donors (Lipinski definition) is 2. The molecule has 10 heteroatoms. The van der Waals surface area contributed by atoms with Crippen molar-refractivity contribution in [2.45, 2.75) is 5.16 Å². The summed E-state index contributed by atoms with van der Waals surface area (Å²) in [6.45, 7) is 0. The number of amides is 1. The topological polar surface area (TPSA) is 111 Å². The van der Waals surface area contributed by atoms with E-state index in [2.05, 4.69) is 20.5 Å². The normalized spacial score (nSPS) is 11.0. The number of carbonyl (C=O) groups excluding carboxylic acids is 1. The second-order valence-corrected chi connectivity index (χ2v) is 8.51. The summed E-state index contributed by atoms with van der Waals surface area (Å²) in [4.78, 5) is 30.8. The van der Waals surface area contributed by atoms with Gasteiger partial charge in [0, 0.05) is 17.1 Å². The van der Waals surface area contributed by atoms with Gasteiger partial charge in [-0.2, -0.15) is 5.10 Å². The molecule has 0 saturated carbocycles. The molecule has 0 spiro atoms. The number of methoxy groups -OCH3 is 2. The van der Waals surface area contributed by atoms with Crippen molar-refractivity contribution in [1.82, 2.24) is 19.7 Å². The number of fused-ring (bicyclic) bond motifs is 2. The monoisotopic (exact) mass is 487 g/mol. The number of aromatic amines is 1. The van der Waals surface area contributed by atoms with Crippen LogP contribution in [0.5, 0.6) is 11.5 Å². The summed E-state index contributed by atoms with van der Waals surface area (Å²) >= 11 is 1.16. The maximum absolute atomic E-state index is 13.4. The third-order valence-corrected chi connectivity index (χ3v) is 6.40. The van der Waals surface area contributed by atoms with E-state index in [9.17, 15) is 9.59 Å². The van der Waals surface area contributed by atoms with Crippen LogP contribution in [0, 0.1) is 0 Å². The summed E-state index contributed by atoms with van der Waals surface area (Å²) in [5, 5.41) is 12.2. The molecule has 35 heavy (non-hydrogen) atoms. The Balaban J connectivity index is 1.48. The molecule has 2 N–H and O–H groups in total. The van der Waals surface area contributed by atoms with Gasteiger partial charge in [0.05, 0.1) is 31.9 Å². The largest absolute Gasteiger partial charge is 0.493 e. The van der Waals surface area contributed by atoms with Gasteiger partial charge >= 0.3 is 0 Å². The van der Waals surface area contributed by atoms with E-state index in [0.717, 1.165) is 22.5 Å². The molecule has 5 rings (SSSR count). The lowest BCUT2D eigenvalue weighted by molar-refractivity contribution is -0.113. The average Bonchev–Trinajstić information content (AvgIpc) is 3.36. The van der Waals surface area contributed by atoms with Gasteiger partial charge in [0.2, 0.25) is 5.91 Å². The van der Waals surface area contributed by atoms with Gasteiger partial charge < -0.3 is 14.8 Å². The molecule has 0 aliphatic heterocycles. The zero-order chi connectivity index (χ0) is 24.4. The molecule has 2 heterocycles. The van der Waals surface area contributed by atoms with Gasteiger partial charge in [-0.15, -0.1) is 0 Å². The maximum atomic E-state index is 13.4. The number of nitrogens with zero attached hydrogens (tertiary/aromatic N) is 3. The second kappa shape index (κ2) is 9.51. The van der Waals surface area contributed by atoms with Crippen molar-refractivity contribution in [3.8, 4) is 17.2 Å². The third-order valence-electron chi connectivity index (χ3n) is 5.46. The van der Waals surface area contributed by atoms with Crippen molar-refractivity contribution >= 4 is 45.2 Å². The number of aromatic nitrogens is 4. The number of anilines is 1. The molecule has 9 nitrogen and oxygen atoms in total. The van der Waals surface area contributed by atoms with Crippen LogP contribution >= 0.6 is 11.8 Å². The number of hydrogen-bond acceptors (Lipinski definition) is 7. The van der Waals surface area contributed by atoms with Gasteiger partial charge in [0.25, 0.3) is 5.56 Å². The van der Waals surface area contributed by atoms with E-state index in [4.69, 9.17) is 9.47 Å². The summed E-state index contributed by atoms with van der Waals surface area (Å²) in [5.41, 5.74) is 1.36. The first kappa shape index (κ1) is 22.5. The number of nitrogens with one attached hydrogen (secondary N) is 2. The number of H-pyrrole nitrogens is 1. The van der Waals surface area contributed by atoms with Gasteiger partial charge in [-0.05, 0) is 23.6 Å². The van der Waals surface area contributed by atoms with Crippen molar-refractivity contribution in [3.63, 3.8) is 0 Å². The Labute approximate surface area is 204 Å². The summed E-state index contributed by atoms with van der Waals surface area (Å²) in [6.07, 6.45) is 1.46. The van der Waals surface area contributed by atoms with E-state index < -0.39 is 0 Å². The van der Waals surface area contributed by atoms with Crippen molar-refractivity contribution < 1.29 is 14.3 Å². The Morgan fingerprint density at radius 1 is 1.03 bits per heavy atom. The molecule has 0 atom stereocenters. The molecule has 0 aliphatic carbocycles. The van der Waals surface area contributed by atoms with E-state index in [1.165, 1.54) is 17.9 Å². The summed E-state index contributed by atoms with van der Waals surface area (Å²) in [7, 11) is 3.08. The molecule has 2 aromatic heterocycles. The van der Waals surface area contributed by atoms with Crippen LogP contribution < -0.4 is 20.3 Å². The molecule has 0 radical (unpaired) electrons. The van der Waals surface area contributed by atoms with Crippen molar-refractivity contribution in [1.29, 1.82) is 0 Å². The van der Waals surface area contributed by atoms with Crippen molar-refractivity contribution in [2.24, 2.45) is 0 Å². The highest BCUT2D eigenvalue weighted by molar-refractivity contribution is 7.99. The molecule has 3 aromatic carbocycles. The molecule has 0 aliphatic rings. The van der Waals surface area contributed by atoms with E-state index in [0.29, 0.717) is 39.1 Å². The van der Waals surface area contributed by atoms with Crippen LogP contribution in [0.25, 0.3) is 27.5 Å². The minimum atomic E-state index is -0.261. The van der Waals surface area contributed by atoms with Crippen molar-refractivity contribution in [2.75, 3.05) is 25.3 Å². The first-order valence-electron chi connectivity index (χ1n) is 10.7. The summed E-state index contributed by atoms with van der Waals surface area (Å²) in [6, 6.07) is 18.7. The maximum Gasteiger partial charge on any atom is 0.269 e. The zero-order valence-corrected chi connectivity index (χ0v) is 19.8. The highest BCUT2D eigenvalue weighted by Crippen LogP contribution is 2.30. The van der Waals surface area contributed by atoms with E-state index in [-0.39, 0.29) is 17.2 Å². The standard InChI is InChI=1S/C25H21N5O4S/c1-33-20-11-10-16(12-21(20)34-2)27-22(31)14-35-25-28-23-18(13-26-29-23)24(32)30(25)19-9-5-7-15-6-3-4-8-17(15)19/h3-13H,14H2,1-2H3,(H,26,29)(H,27,31). The molecular formula is C25H21N5O4S. The van der Waals surface area contributed by atoms with Crippen LogP contribution in [0.15, 0.2) is 76.8 Å². The minimum absolute atomic E-state index is 0.0329. The fourth-order valence-electron chi connectivity index (χ4n) is 3.83. The van der Waals surface area contributed by atoms with Crippen molar-refractivity contribution in [3.05, 3.63) is 77.2 Å². The number of rotatable bonds is 7. The predicted molar refractivity (Wildman–Crippen MR) is 136 cm³/mol. The van der Waals surface area contributed by atoms with Gasteiger partial charge in [-0.1, -0.05) is 48.2 Å². The minimum Gasteiger partial charge on any atom is -0.493 e. The molecule has 0 bridgehead atoms. The lowest BCUT2D eigenvalue weighted by Crippen LogP contribution is -2.22. The number of thioether (sulfide) groups is 1. The van der Waals surface area contributed by atoms with Crippen LogP contribution in [0.2, 0.25) is 0 Å². The molecule has 176 valence electrons. The molecule has 0 unspecified atom stereocenters. The SMILES string of the molecule is COc1ccc(NC(=O)CSc2nc3[nH]ncc3c(=O)n2-c2cccc3ccccc23)cc1OC. The van der Waals surface area contributed by atoms with E-state index in [1.54, 1.807) is 25.3 Å². The smallest absolute Gasteiger partial charge is 0.269 e. The number of ether oxygens (including phenoxy) is 2. The molecule has 1 amide bonds. The van der Waals surface area contributed by atoms with Crippen LogP contribution in [0.3, 0.4) is 0 Å². The zero-order valence-electron chi connectivity index (χ0n) is 18.9. The fourth-order valence-corrected chi connectivity index (χ4v) is 4.63. The highest BCUT2D eigenvalue weighted by atomic mass is 32.2. The van der Waals surface area contributed by atoms with Crippen LogP contribution in [-0.4, -0.2) is 45.6 Å². The first-order chi connectivity index (χ1) is 17.1. The van der Waals surface area contributed by atoms with Crippen LogP contribution in [0.1, 0.15) is 0 Å². The summed E-state index contributed by atoms with van der Waals surface area (Å²) in [5.74, 6) is 0.848. The van der Waals surface area contributed by atoms with Crippen LogP contribution in [-0.2, 0) is 4.79 Å². The summed E-state index contributed by atoms with van der Waals surface area (Å²) < 4.78 is 12.1. The lowest BCUT2D eigenvalue weighted by Gasteiger charge is -2.14. The van der Waals surface area contributed by atoms with Gasteiger partial charge in [0.15, 0.2) is 22.3 Å². The number of benzene rings is 3. The van der Waals surface area contributed by atoms with E-state index in [1.807, 2.05) is 42.5 Å². The Kier molecular flexibility index (Phi) is 6.11. The predicted octanol–water partition coefficient (Wildman–Crippen LogP) is 4.01. The molecule has 5 aromatic rings. The Morgan fingerprint density at radius 2 is 1.83 bits per heavy atom. The Morgan fingerprint density at radius 3 is 2.66 bits per heavy atom. The Bertz CT molecular complexity index is 1610. The lowest BCUT2D eigenvalue weighted by atomic mass is 10.1.